The quantitative estimate of drug-likeness (QED) is 0.571. The maximum Gasteiger partial charge on any atom is 0.201 e. The van der Waals surface area contributed by atoms with Crippen LogP contribution < -0.4 is 4.74 Å². The smallest absolute Gasteiger partial charge is 0.201 e. The Morgan fingerprint density at radius 3 is 2.39 bits per heavy atom. The highest BCUT2D eigenvalue weighted by molar-refractivity contribution is 5.52. The molecule has 0 bridgehead atoms. The molecule has 0 amide bonds. The highest BCUT2D eigenvalue weighted by Gasteiger charge is 2.29. The first kappa shape index (κ1) is 19.1. The van der Waals surface area contributed by atoms with Crippen molar-refractivity contribution in [2.75, 3.05) is 13.7 Å². The van der Waals surface area contributed by atoms with E-state index in [1.807, 2.05) is 18.2 Å². The summed E-state index contributed by atoms with van der Waals surface area (Å²) in [5.74, 6) is -1.48. The minimum Gasteiger partial charge on any atom is -0.494 e. The van der Waals surface area contributed by atoms with Gasteiger partial charge in [0.2, 0.25) is 5.82 Å². The van der Waals surface area contributed by atoms with Crippen molar-refractivity contribution >= 4 is 6.08 Å². The van der Waals surface area contributed by atoms with E-state index in [2.05, 4.69) is 0 Å². The number of benzene rings is 2. The molecule has 2 aromatic carbocycles. The Hall–Kier alpha value is -2.27. The fraction of sp³-hybridized carbons (Fsp3) is 0.391. The summed E-state index contributed by atoms with van der Waals surface area (Å²) in [6.45, 7) is 0.604. The van der Waals surface area contributed by atoms with Crippen molar-refractivity contribution in [2.45, 2.75) is 37.7 Å². The van der Waals surface area contributed by atoms with Crippen LogP contribution in [0.2, 0.25) is 0 Å². The number of halogens is 3. The standard InChI is InChI=1S/C23H23F3O2/c1-27-20-11-9-16(22(25)23(20)26)7-4-14-2-5-15(6-3-14)17-8-10-18(19(24)12-17)21-13-28-21/h4,7-12,14-15,21H,2-3,5-6,13H2,1H3/b7-4+. The molecule has 1 unspecified atom stereocenters. The Bertz CT molecular complexity index is 882. The molecule has 1 aliphatic carbocycles. The third-order valence-corrected chi connectivity index (χ3v) is 5.79. The zero-order chi connectivity index (χ0) is 19.7. The summed E-state index contributed by atoms with van der Waals surface area (Å²) in [7, 11) is 1.31. The number of methoxy groups -OCH3 is 1. The molecule has 1 saturated carbocycles. The lowest BCUT2D eigenvalue weighted by atomic mass is 9.78. The van der Waals surface area contributed by atoms with E-state index in [9.17, 15) is 13.2 Å². The molecular weight excluding hydrogens is 365 g/mol. The largest absolute Gasteiger partial charge is 0.494 e. The molecule has 2 aliphatic rings. The van der Waals surface area contributed by atoms with Gasteiger partial charge in [0.05, 0.1) is 13.7 Å². The van der Waals surface area contributed by atoms with Gasteiger partial charge in [-0.15, -0.1) is 0 Å². The van der Waals surface area contributed by atoms with Crippen molar-refractivity contribution in [2.24, 2.45) is 5.92 Å². The number of hydrogen-bond donors (Lipinski definition) is 0. The fourth-order valence-electron chi connectivity index (χ4n) is 4.00. The predicted molar refractivity (Wildman–Crippen MR) is 102 cm³/mol. The van der Waals surface area contributed by atoms with Gasteiger partial charge in [0.15, 0.2) is 11.6 Å². The molecule has 28 heavy (non-hydrogen) atoms. The van der Waals surface area contributed by atoms with Crippen molar-refractivity contribution in [3.05, 3.63) is 70.5 Å². The molecule has 0 spiro atoms. The minimum absolute atomic E-state index is 0.0712. The number of rotatable bonds is 5. The summed E-state index contributed by atoms with van der Waals surface area (Å²) in [6, 6.07) is 8.45. The maximum atomic E-state index is 14.2. The summed E-state index contributed by atoms with van der Waals surface area (Å²) in [5, 5.41) is 0. The molecule has 0 aromatic heterocycles. The van der Waals surface area contributed by atoms with Gasteiger partial charge in [-0.25, -0.2) is 8.78 Å². The molecule has 0 radical (unpaired) electrons. The van der Waals surface area contributed by atoms with E-state index >= 15 is 0 Å². The molecule has 1 atom stereocenters. The zero-order valence-electron chi connectivity index (χ0n) is 15.8. The van der Waals surface area contributed by atoms with Crippen molar-refractivity contribution in [3.63, 3.8) is 0 Å². The van der Waals surface area contributed by atoms with Crippen LogP contribution in [0.25, 0.3) is 6.08 Å². The van der Waals surface area contributed by atoms with Crippen LogP contribution in [0.4, 0.5) is 13.2 Å². The molecule has 5 heteroatoms. The number of ether oxygens (including phenoxy) is 2. The Morgan fingerprint density at radius 1 is 1.00 bits per heavy atom. The monoisotopic (exact) mass is 388 g/mol. The van der Waals surface area contributed by atoms with E-state index in [1.165, 1.54) is 19.2 Å². The Morgan fingerprint density at radius 2 is 1.75 bits per heavy atom. The van der Waals surface area contributed by atoms with Crippen LogP contribution in [0.15, 0.2) is 36.4 Å². The van der Waals surface area contributed by atoms with Crippen LogP contribution in [0.3, 0.4) is 0 Å². The molecule has 0 N–H and O–H groups in total. The summed E-state index contributed by atoms with van der Waals surface area (Å²) >= 11 is 0. The van der Waals surface area contributed by atoms with Gasteiger partial charge in [-0.3, -0.25) is 0 Å². The van der Waals surface area contributed by atoms with Crippen LogP contribution >= 0.6 is 0 Å². The van der Waals surface area contributed by atoms with Gasteiger partial charge >= 0.3 is 0 Å². The number of epoxide rings is 1. The molecule has 2 nitrogen and oxygen atoms in total. The topological polar surface area (TPSA) is 21.8 Å². The van der Waals surface area contributed by atoms with Crippen LogP contribution in [-0.2, 0) is 4.74 Å². The number of allylic oxidation sites excluding steroid dienone is 1. The molecule has 1 aliphatic heterocycles. The number of hydrogen-bond acceptors (Lipinski definition) is 2. The van der Waals surface area contributed by atoms with Crippen molar-refractivity contribution in [3.8, 4) is 5.75 Å². The van der Waals surface area contributed by atoms with Crippen LogP contribution in [-0.4, -0.2) is 13.7 Å². The Kier molecular flexibility index (Phi) is 5.44. The Balaban J connectivity index is 1.37. The van der Waals surface area contributed by atoms with Crippen molar-refractivity contribution < 1.29 is 22.6 Å². The highest BCUT2D eigenvalue weighted by atomic mass is 19.2. The minimum atomic E-state index is -0.963. The van der Waals surface area contributed by atoms with E-state index in [4.69, 9.17) is 9.47 Å². The van der Waals surface area contributed by atoms with Crippen LogP contribution in [0.5, 0.6) is 5.75 Å². The van der Waals surface area contributed by atoms with Gasteiger partial charge in [0.25, 0.3) is 0 Å². The fourth-order valence-corrected chi connectivity index (χ4v) is 4.00. The summed E-state index contributed by atoms with van der Waals surface area (Å²) < 4.78 is 52.1. The van der Waals surface area contributed by atoms with Crippen LogP contribution in [0.1, 0.15) is 54.4 Å². The second-order valence-corrected chi connectivity index (χ2v) is 7.56. The van der Waals surface area contributed by atoms with Gasteiger partial charge in [0, 0.05) is 11.1 Å². The molecule has 1 heterocycles. The van der Waals surface area contributed by atoms with Gasteiger partial charge in [-0.05, 0) is 61.3 Å². The van der Waals surface area contributed by atoms with E-state index in [0.29, 0.717) is 24.0 Å². The first-order valence-corrected chi connectivity index (χ1v) is 9.68. The first-order valence-electron chi connectivity index (χ1n) is 9.68. The van der Waals surface area contributed by atoms with Crippen molar-refractivity contribution in [1.29, 1.82) is 0 Å². The van der Waals surface area contributed by atoms with Gasteiger partial charge in [-0.1, -0.05) is 24.3 Å². The Labute approximate surface area is 163 Å². The second-order valence-electron chi connectivity index (χ2n) is 7.56. The summed E-state index contributed by atoms with van der Waals surface area (Å²) in [5.41, 5.74) is 1.90. The normalized spacial score (nSPS) is 24.5. The summed E-state index contributed by atoms with van der Waals surface area (Å²) in [6.07, 6.45) is 7.31. The van der Waals surface area contributed by atoms with Gasteiger partial charge in [0.1, 0.15) is 11.9 Å². The third kappa shape index (κ3) is 3.95. The maximum absolute atomic E-state index is 14.2. The van der Waals surface area contributed by atoms with Gasteiger partial charge in [-0.2, -0.15) is 4.39 Å². The lowest BCUT2D eigenvalue weighted by Gasteiger charge is -2.27. The average Bonchev–Trinajstić information content (AvgIpc) is 3.55. The van der Waals surface area contributed by atoms with Gasteiger partial charge < -0.3 is 9.47 Å². The van der Waals surface area contributed by atoms with E-state index in [0.717, 1.165) is 31.2 Å². The highest BCUT2D eigenvalue weighted by Crippen LogP contribution is 2.39. The lowest BCUT2D eigenvalue weighted by Crippen LogP contribution is -2.12. The van der Waals surface area contributed by atoms with E-state index in [-0.39, 0.29) is 23.2 Å². The van der Waals surface area contributed by atoms with Crippen LogP contribution in [0, 0.1) is 23.4 Å². The van der Waals surface area contributed by atoms with E-state index < -0.39 is 11.6 Å². The molecule has 2 fully saturated rings. The molecule has 1 saturated heterocycles. The summed E-state index contributed by atoms with van der Waals surface area (Å²) in [4.78, 5) is 0. The second kappa shape index (κ2) is 8.00. The average molecular weight is 388 g/mol. The predicted octanol–water partition coefficient (Wildman–Crippen LogP) is 6.17. The SMILES string of the molecule is COc1ccc(/C=C/C2CCC(c3ccc(C4CO4)c(F)c3)CC2)c(F)c1F. The zero-order valence-corrected chi connectivity index (χ0v) is 15.8. The lowest BCUT2D eigenvalue weighted by molar-refractivity contribution is 0.371. The molecule has 2 aromatic rings. The van der Waals surface area contributed by atoms with E-state index in [1.54, 1.807) is 12.1 Å². The molecular formula is C23H23F3O2. The molecule has 148 valence electrons. The molecule has 4 rings (SSSR count). The first-order chi connectivity index (χ1) is 13.6. The van der Waals surface area contributed by atoms with Crippen molar-refractivity contribution in [1.82, 2.24) is 0 Å². The third-order valence-electron chi connectivity index (χ3n) is 5.79.